The minimum absolute atomic E-state index is 0.599. The molecule has 0 aromatic heterocycles. The molecule has 5 heteroatoms. The van der Waals surface area contributed by atoms with Crippen LogP contribution in [0.2, 0.25) is 0 Å². The monoisotopic (exact) mass is 345 g/mol. The molecule has 0 atom stereocenters. The molecule has 0 saturated heterocycles. The summed E-state index contributed by atoms with van der Waals surface area (Å²) in [5.74, 6) is 0. The lowest BCUT2D eigenvalue weighted by Crippen LogP contribution is -2.07. The van der Waals surface area contributed by atoms with Gasteiger partial charge in [0.05, 0.1) is 19.8 Å². The molecular formula is C15H24BrNO3. The average molecular weight is 346 g/mol. The van der Waals surface area contributed by atoms with Crippen molar-refractivity contribution in [1.29, 1.82) is 0 Å². The van der Waals surface area contributed by atoms with Crippen LogP contribution in [0.5, 0.6) is 0 Å². The van der Waals surface area contributed by atoms with Gasteiger partial charge >= 0.3 is 0 Å². The first-order valence-corrected chi connectivity index (χ1v) is 7.63. The van der Waals surface area contributed by atoms with Crippen molar-refractivity contribution in [1.82, 2.24) is 5.32 Å². The van der Waals surface area contributed by atoms with E-state index in [1.807, 2.05) is 7.05 Å². The van der Waals surface area contributed by atoms with Gasteiger partial charge in [-0.2, -0.15) is 0 Å². The zero-order chi connectivity index (χ0) is 14.6. The van der Waals surface area contributed by atoms with Gasteiger partial charge in [0.2, 0.25) is 0 Å². The summed E-state index contributed by atoms with van der Waals surface area (Å²) in [5, 5.41) is 3.13. The lowest BCUT2D eigenvalue weighted by atomic mass is 10.1. The predicted molar refractivity (Wildman–Crippen MR) is 83.9 cm³/mol. The maximum atomic E-state index is 5.61. The van der Waals surface area contributed by atoms with Crippen molar-refractivity contribution in [3.8, 4) is 0 Å². The van der Waals surface area contributed by atoms with Crippen molar-refractivity contribution in [2.75, 3.05) is 40.6 Å². The van der Waals surface area contributed by atoms with Crippen LogP contribution in [-0.2, 0) is 27.4 Å². The van der Waals surface area contributed by atoms with Crippen LogP contribution in [0.1, 0.15) is 17.5 Å². The Morgan fingerprint density at radius 3 is 2.60 bits per heavy atom. The van der Waals surface area contributed by atoms with Crippen LogP contribution >= 0.6 is 15.9 Å². The van der Waals surface area contributed by atoms with E-state index in [0.717, 1.165) is 36.2 Å². The standard InChI is InChI=1S/C15H24BrNO3/c1-17-11-13-4-5-14(15(16)10-13)12-20-9-8-19-7-3-6-18-2/h4-5,10,17H,3,6-9,11-12H2,1-2H3. The zero-order valence-corrected chi connectivity index (χ0v) is 13.9. The second-order valence-corrected chi connectivity index (χ2v) is 5.32. The van der Waals surface area contributed by atoms with Crippen LogP contribution in [0, 0.1) is 0 Å². The second-order valence-electron chi connectivity index (χ2n) is 4.47. The zero-order valence-electron chi connectivity index (χ0n) is 12.3. The fourth-order valence-electron chi connectivity index (χ4n) is 1.73. The maximum absolute atomic E-state index is 5.61. The number of nitrogens with one attached hydrogen (secondary N) is 1. The van der Waals surface area contributed by atoms with Gasteiger partial charge in [0, 0.05) is 31.3 Å². The first kappa shape index (κ1) is 17.6. The minimum atomic E-state index is 0.599. The molecule has 114 valence electrons. The van der Waals surface area contributed by atoms with Gasteiger partial charge < -0.3 is 19.5 Å². The fraction of sp³-hybridized carbons (Fsp3) is 0.600. The van der Waals surface area contributed by atoms with E-state index in [4.69, 9.17) is 14.2 Å². The third-order valence-corrected chi connectivity index (χ3v) is 3.50. The van der Waals surface area contributed by atoms with Gasteiger partial charge in [-0.15, -0.1) is 0 Å². The van der Waals surface area contributed by atoms with Crippen LogP contribution in [0.15, 0.2) is 22.7 Å². The molecule has 1 aromatic rings. The Hall–Kier alpha value is -0.460. The molecule has 0 saturated carbocycles. The summed E-state index contributed by atoms with van der Waals surface area (Å²) < 4.78 is 17.1. The molecule has 0 aliphatic rings. The van der Waals surface area contributed by atoms with Crippen molar-refractivity contribution < 1.29 is 14.2 Å². The van der Waals surface area contributed by atoms with Crippen LogP contribution in [0.25, 0.3) is 0 Å². The molecule has 0 fully saturated rings. The van der Waals surface area contributed by atoms with Crippen molar-refractivity contribution in [3.05, 3.63) is 33.8 Å². The second kappa shape index (κ2) is 11.2. The van der Waals surface area contributed by atoms with Gasteiger partial charge in [-0.25, -0.2) is 0 Å². The van der Waals surface area contributed by atoms with Gasteiger partial charge in [-0.1, -0.05) is 28.1 Å². The van der Waals surface area contributed by atoms with Gasteiger partial charge in [-0.3, -0.25) is 0 Å². The number of rotatable bonds is 11. The number of methoxy groups -OCH3 is 1. The number of hydrogen-bond donors (Lipinski definition) is 1. The van der Waals surface area contributed by atoms with Crippen molar-refractivity contribution in [2.45, 2.75) is 19.6 Å². The van der Waals surface area contributed by atoms with Gasteiger partial charge in [0.15, 0.2) is 0 Å². The molecule has 0 heterocycles. The van der Waals surface area contributed by atoms with Gasteiger partial charge in [0.25, 0.3) is 0 Å². The molecule has 0 amide bonds. The van der Waals surface area contributed by atoms with E-state index in [9.17, 15) is 0 Å². The summed E-state index contributed by atoms with van der Waals surface area (Å²) in [6, 6.07) is 6.33. The summed E-state index contributed by atoms with van der Waals surface area (Å²) in [6.45, 7) is 4.17. The normalized spacial score (nSPS) is 10.9. The lowest BCUT2D eigenvalue weighted by molar-refractivity contribution is 0.0335. The Balaban J connectivity index is 2.15. The minimum Gasteiger partial charge on any atom is -0.385 e. The molecule has 1 rings (SSSR count). The molecule has 0 aliphatic carbocycles. The van der Waals surface area contributed by atoms with Crippen LogP contribution in [0.4, 0.5) is 0 Å². The first-order chi connectivity index (χ1) is 9.77. The number of halogens is 1. The highest BCUT2D eigenvalue weighted by molar-refractivity contribution is 9.10. The highest BCUT2D eigenvalue weighted by Gasteiger charge is 2.01. The molecule has 20 heavy (non-hydrogen) atoms. The van der Waals surface area contributed by atoms with Crippen molar-refractivity contribution >= 4 is 15.9 Å². The highest BCUT2D eigenvalue weighted by Crippen LogP contribution is 2.19. The predicted octanol–water partition coefficient (Wildman–Crippen LogP) is 2.74. The molecule has 0 spiro atoms. The number of hydrogen-bond acceptors (Lipinski definition) is 4. The third kappa shape index (κ3) is 7.36. The number of benzene rings is 1. The Morgan fingerprint density at radius 1 is 1.10 bits per heavy atom. The average Bonchev–Trinajstić information content (AvgIpc) is 2.44. The Bertz CT molecular complexity index is 374. The molecule has 0 bridgehead atoms. The molecule has 0 aliphatic heterocycles. The summed E-state index contributed by atoms with van der Waals surface area (Å²) >= 11 is 3.58. The SMILES string of the molecule is CNCc1ccc(COCCOCCCOC)c(Br)c1. The van der Waals surface area contributed by atoms with Crippen LogP contribution in [0.3, 0.4) is 0 Å². The molecule has 0 radical (unpaired) electrons. The smallest absolute Gasteiger partial charge is 0.0728 e. The first-order valence-electron chi connectivity index (χ1n) is 6.84. The van der Waals surface area contributed by atoms with E-state index >= 15 is 0 Å². The van der Waals surface area contributed by atoms with E-state index in [0.29, 0.717) is 19.8 Å². The molecule has 4 nitrogen and oxygen atoms in total. The van der Waals surface area contributed by atoms with E-state index in [-0.39, 0.29) is 0 Å². The fourth-order valence-corrected chi connectivity index (χ4v) is 2.27. The summed E-state index contributed by atoms with van der Waals surface area (Å²) in [5.41, 5.74) is 2.41. The highest BCUT2D eigenvalue weighted by atomic mass is 79.9. The van der Waals surface area contributed by atoms with Gasteiger partial charge in [-0.05, 0) is 30.7 Å². The Kier molecular flexibility index (Phi) is 9.87. The quantitative estimate of drug-likeness (QED) is 0.626. The largest absolute Gasteiger partial charge is 0.385 e. The van der Waals surface area contributed by atoms with Crippen molar-refractivity contribution in [2.24, 2.45) is 0 Å². The topological polar surface area (TPSA) is 39.7 Å². The van der Waals surface area contributed by atoms with E-state index in [1.54, 1.807) is 7.11 Å². The van der Waals surface area contributed by atoms with Gasteiger partial charge in [0.1, 0.15) is 0 Å². The molecule has 0 unspecified atom stereocenters. The molecule has 1 N–H and O–H groups in total. The molecule has 1 aromatic carbocycles. The summed E-state index contributed by atoms with van der Waals surface area (Å²) in [7, 11) is 3.64. The maximum Gasteiger partial charge on any atom is 0.0728 e. The summed E-state index contributed by atoms with van der Waals surface area (Å²) in [6.07, 6.45) is 0.926. The van der Waals surface area contributed by atoms with Crippen molar-refractivity contribution in [3.63, 3.8) is 0 Å². The van der Waals surface area contributed by atoms with E-state index in [1.165, 1.54) is 5.56 Å². The third-order valence-electron chi connectivity index (χ3n) is 2.77. The molecular weight excluding hydrogens is 322 g/mol. The van der Waals surface area contributed by atoms with Crippen LogP contribution in [-0.4, -0.2) is 40.6 Å². The van der Waals surface area contributed by atoms with E-state index < -0.39 is 0 Å². The van der Waals surface area contributed by atoms with Crippen LogP contribution < -0.4 is 5.32 Å². The summed E-state index contributed by atoms with van der Waals surface area (Å²) in [4.78, 5) is 0. The Morgan fingerprint density at radius 2 is 1.90 bits per heavy atom. The Labute approximate surface area is 129 Å². The number of ether oxygens (including phenoxy) is 3. The van der Waals surface area contributed by atoms with E-state index in [2.05, 4.69) is 39.4 Å². The lowest BCUT2D eigenvalue weighted by Gasteiger charge is -2.09.